The number of imide groups is 1. The first-order valence-electron chi connectivity index (χ1n) is 5.77. The van der Waals surface area contributed by atoms with Crippen molar-refractivity contribution < 1.29 is 14.0 Å². The lowest BCUT2D eigenvalue weighted by Gasteiger charge is -2.12. The molecule has 1 aromatic heterocycles. The fourth-order valence-electron chi connectivity index (χ4n) is 2.17. The molecule has 1 aromatic carbocycles. The third kappa shape index (κ3) is 1.95. The standard InChI is InChI=1S/C13H7BrFN3O3/c14-7-2-1-5(3-8(7)15)18-9(19)4-6-10(11(18)16)13(21)17-12(6)20/h1-4H,16H2,(H,17,20,21). The molecule has 0 unspecified atom stereocenters. The van der Waals surface area contributed by atoms with Crippen LogP contribution in [-0.2, 0) is 0 Å². The minimum Gasteiger partial charge on any atom is -0.384 e. The Bertz CT molecular complexity index is 876. The molecule has 2 amide bonds. The molecular weight excluding hydrogens is 345 g/mol. The van der Waals surface area contributed by atoms with E-state index in [-0.39, 0.29) is 27.1 Å². The molecule has 0 atom stereocenters. The van der Waals surface area contributed by atoms with Crippen molar-refractivity contribution in [2.24, 2.45) is 0 Å². The maximum absolute atomic E-state index is 13.6. The van der Waals surface area contributed by atoms with Crippen molar-refractivity contribution >= 4 is 33.6 Å². The zero-order valence-electron chi connectivity index (χ0n) is 10.3. The molecule has 6 nitrogen and oxygen atoms in total. The number of carbonyl (C=O) groups is 2. The molecule has 0 radical (unpaired) electrons. The highest BCUT2D eigenvalue weighted by atomic mass is 79.9. The van der Waals surface area contributed by atoms with Gasteiger partial charge in [0.15, 0.2) is 0 Å². The summed E-state index contributed by atoms with van der Waals surface area (Å²) < 4.78 is 14.8. The predicted octanol–water partition coefficient (Wildman–Crippen LogP) is 1.20. The second-order valence-corrected chi connectivity index (χ2v) is 5.23. The predicted molar refractivity (Wildman–Crippen MR) is 75.9 cm³/mol. The monoisotopic (exact) mass is 351 g/mol. The van der Waals surface area contributed by atoms with Crippen LogP contribution in [0.2, 0.25) is 0 Å². The topological polar surface area (TPSA) is 94.2 Å². The van der Waals surface area contributed by atoms with Crippen LogP contribution in [0.15, 0.2) is 33.5 Å². The lowest BCUT2D eigenvalue weighted by atomic mass is 10.1. The van der Waals surface area contributed by atoms with Crippen molar-refractivity contribution in [2.45, 2.75) is 0 Å². The molecule has 21 heavy (non-hydrogen) atoms. The molecule has 0 bridgehead atoms. The van der Waals surface area contributed by atoms with Gasteiger partial charge in [0, 0.05) is 6.07 Å². The van der Waals surface area contributed by atoms with Gasteiger partial charge in [-0.2, -0.15) is 0 Å². The zero-order chi connectivity index (χ0) is 15.3. The van der Waals surface area contributed by atoms with Crippen LogP contribution in [0.3, 0.4) is 0 Å². The highest BCUT2D eigenvalue weighted by molar-refractivity contribution is 9.10. The zero-order valence-corrected chi connectivity index (χ0v) is 11.9. The lowest BCUT2D eigenvalue weighted by molar-refractivity contribution is 0.0880. The quantitative estimate of drug-likeness (QED) is 0.755. The average Bonchev–Trinajstić information content (AvgIpc) is 2.69. The van der Waals surface area contributed by atoms with Crippen molar-refractivity contribution in [1.82, 2.24) is 9.88 Å². The van der Waals surface area contributed by atoms with Crippen molar-refractivity contribution in [3.63, 3.8) is 0 Å². The van der Waals surface area contributed by atoms with Gasteiger partial charge in [-0.1, -0.05) is 0 Å². The van der Waals surface area contributed by atoms with Crippen LogP contribution < -0.4 is 16.6 Å². The molecule has 1 aliphatic heterocycles. The number of nitrogens with two attached hydrogens (primary N) is 1. The van der Waals surface area contributed by atoms with E-state index in [1.807, 2.05) is 0 Å². The van der Waals surface area contributed by atoms with Crippen LogP contribution in [0.25, 0.3) is 5.69 Å². The molecule has 0 fully saturated rings. The van der Waals surface area contributed by atoms with E-state index in [0.717, 1.165) is 16.7 Å². The third-order valence-electron chi connectivity index (χ3n) is 3.11. The van der Waals surface area contributed by atoms with Crippen LogP contribution >= 0.6 is 15.9 Å². The van der Waals surface area contributed by atoms with Gasteiger partial charge >= 0.3 is 0 Å². The molecule has 0 aliphatic carbocycles. The molecule has 106 valence electrons. The van der Waals surface area contributed by atoms with Gasteiger partial charge < -0.3 is 5.73 Å². The van der Waals surface area contributed by atoms with Crippen molar-refractivity contribution in [2.75, 3.05) is 5.73 Å². The van der Waals surface area contributed by atoms with Gasteiger partial charge in [-0.25, -0.2) is 4.39 Å². The fourth-order valence-corrected chi connectivity index (χ4v) is 2.42. The van der Waals surface area contributed by atoms with Crippen molar-refractivity contribution in [3.05, 3.63) is 56.0 Å². The Balaban J connectivity index is 2.32. The highest BCUT2D eigenvalue weighted by Crippen LogP contribution is 2.24. The van der Waals surface area contributed by atoms with Gasteiger partial charge in [0.05, 0.1) is 21.3 Å². The average molecular weight is 352 g/mol. The molecule has 2 heterocycles. The minimum atomic E-state index is -0.682. The number of halogens is 2. The van der Waals surface area contributed by atoms with Gasteiger partial charge in [-0.05, 0) is 34.1 Å². The summed E-state index contributed by atoms with van der Waals surface area (Å²) in [5.74, 6) is -2.14. The normalized spacial score (nSPS) is 13.2. The first-order valence-corrected chi connectivity index (χ1v) is 6.56. The molecule has 1 aliphatic rings. The number of carbonyl (C=O) groups excluding carboxylic acids is 2. The summed E-state index contributed by atoms with van der Waals surface area (Å²) >= 11 is 3.00. The Morgan fingerprint density at radius 1 is 1.14 bits per heavy atom. The van der Waals surface area contributed by atoms with Crippen molar-refractivity contribution in [3.8, 4) is 5.69 Å². The van der Waals surface area contributed by atoms with Crippen LogP contribution in [-0.4, -0.2) is 16.4 Å². The molecule has 8 heteroatoms. The number of hydrogen-bond donors (Lipinski definition) is 2. The smallest absolute Gasteiger partial charge is 0.262 e. The Morgan fingerprint density at radius 3 is 2.52 bits per heavy atom. The summed E-state index contributed by atoms with van der Waals surface area (Å²) in [6.45, 7) is 0. The van der Waals surface area contributed by atoms with Crippen LogP contribution in [0.4, 0.5) is 10.2 Å². The maximum Gasteiger partial charge on any atom is 0.262 e. The molecule has 3 N–H and O–H groups in total. The number of nitrogen functional groups attached to an aromatic ring is 1. The van der Waals surface area contributed by atoms with Crippen LogP contribution in [0.5, 0.6) is 0 Å². The number of rotatable bonds is 1. The molecule has 0 saturated carbocycles. The third-order valence-corrected chi connectivity index (χ3v) is 3.76. The molecule has 3 rings (SSSR count). The highest BCUT2D eigenvalue weighted by Gasteiger charge is 2.31. The van der Waals surface area contributed by atoms with Gasteiger partial charge in [-0.3, -0.25) is 24.3 Å². The summed E-state index contributed by atoms with van der Waals surface area (Å²) in [6.07, 6.45) is 0. The summed E-state index contributed by atoms with van der Waals surface area (Å²) in [5.41, 5.74) is 5.20. The maximum atomic E-state index is 13.6. The molecule has 2 aromatic rings. The van der Waals surface area contributed by atoms with E-state index in [0.29, 0.717) is 0 Å². The van der Waals surface area contributed by atoms with E-state index < -0.39 is 23.2 Å². The van der Waals surface area contributed by atoms with Gasteiger partial charge in [0.2, 0.25) is 0 Å². The van der Waals surface area contributed by atoms with Crippen molar-refractivity contribution in [1.29, 1.82) is 0 Å². The Labute approximate surface area is 125 Å². The summed E-state index contributed by atoms with van der Waals surface area (Å²) in [4.78, 5) is 35.3. The van der Waals surface area contributed by atoms with Gasteiger partial charge in [-0.15, -0.1) is 0 Å². The second kappa shape index (κ2) is 4.52. The van der Waals surface area contributed by atoms with Gasteiger partial charge in [0.1, 0.15) is 11.6 Å². The number of benzene rings is 1. The summed E-state index contributed by atoms with van der Waals surface area (Å²) in [6, 6.07) is 4.98. The van der Waals surface area contributed by atoms with E-state index >= 15 is 0 Å². The lowest BCUT2D eigenvalue weighted by Crippen LogP contribution is -2.24. The Kier molecular flexibility index (Phi) is 2.91. The van der Waals surface area contributed by atoms with E-state index in [1.165, 1.54) is 12.1 Å². The van der Waals surface area contributed by atoms with Crippen LogP contribution in [0, 0.1) is 5.82 Å². The fraction of sp³-hybridized carbons (Fsp3) is 0. The number of pyridine rings is 1. The molecule has 0 spiro atoms. The number of amides is 2. The Morgan fingerprint density at radius 2 is 1.86 bits per heavy atom. The number of aromatic nitrogens is 1. The second-order valence-electron chi connectivity index (χ2n) is 4.37. The molecule has 0 saturated heterocycles. The number of fused-ring (bicyclic) bond motifs is 1. The minimum absolute atomic E-state index is 0.0728. The van der Waals surface area contributed by atoms with E-state index in [2.05, 4.69) is 21.2 Å². The van der Waals surface area contributed by atoms with E-state index in [9.17, 15) is 18.8 Å². The Hall–Kier alpha value is -2.48. The first-order chi connectivity index (χ1) is 9.90. The van der Waals surface area contributed by atoms with E-state index in [4.69, 9.17) is 5.73 Å². The summed E-state index contributed by atoms with van der Waals surface area (Å²) in [7, 11) is 0. The number of hydrogen-bond acceptors (Lipinski definition) is 4. The van der Waals surface area contributed by atoms with E-state index in [1.54, 1.807) is 0 Å². The number of nitrogens with zero attached hydrogens (tertiary/aromatic N) is 1. The van der Waals surface area contributed by atoms with Gasteiger partial charge in [0.25, 0.3) is 17.4 Å². The SMILES string of the molecule is Nc1c2c(cc(=O)n1-c1ccc(Br)c(F)c1)C(=O)NC2=O. The number of nitrogens with one attached hydrogen (secondary N) is 1. The summed E-state index contributed by atoms with van der Waals surface area (Å²) in [5, 5.41) is 2.06. The number of anilines is 1. The van der Waals surface area contributed by atoms with Crippen LogP contribution in [0.1, 0.15) is 20.7 Å². The molecular formula is C13H7BrFN3O3. The largest absolute Gasteiger partial charge is 0.384 e. The first kappa shape index (κ1) is 13.5.